The van der Waals surface area contributed by atoms with Gasteiger partial charge in [0, 0.05) is 24.8 Å². The number of carbonyl (C=O) groups is 1. The van der Waals surface area contributed by atoms with Gasteiger partial charge in [-0.25, -0.2) is 4.68 Å². The summed E-state index contributed by atoms with van der Waals surface area (Å²) >= 11 is 6.26. The standard InChI is InChI=1S/C18H21ClN4O.ClH/c1-11-8-16(21-23(11)17-5-3-2-4-14(17)19)18(24)22-9-12-6-7-15(20)13(12)10-22;/h2-5,8,12-13,15H,6-7,9-10,20H2,1H3;1H. The number of likely N-dealkylation sites (tertiary alicyclic amines) is 1. The summed E-state index contributed by atoms with van der Waals surface area (Å²) in [5.74, 6) is 0.988. The van der Waals surface area contributed by atoms with Crippen LogP contribution in [-0.4, -0.2) is 39.7 Å². The second-order valence-electron chi connectivity index (χ2n) is 6.91. The summed E-state index contributed by atoms with van der Waals surface area (Å²) < 4.78 is 1.73. The largest absolute Gasteiger partial charge is 0.337 e. The van der Waals surface area contributed by atoms with Crippen LogP contribution in [0, 0.1) is 18.8 Å². The topological polar surface area (TPSA) is 64.2 Å². The third kappa shape index (κ3) is 3.16. The molecule has 0 bridgehead atoms. The fourth-order valence-electron chi connectivity index (χ4n) is 4.08. The Labute approximate surface area is 158 Å². The fraction of sp³-hybridized carbons (Fsp3) is 0.444. The van der Waals surface area contributed by atoms with Crippen molar-refractivity contribution in [2.75, 3.05) is 13.1 Å². The summed E-state index contributed by atoms with van der Waals surface area (Å²) in [4.78, 5) is 14.8. The summed E-state index contributed by atoms with van der Waals surface area (Å²) in [5, 5.41) is 5.12. The molecule has 7 heteroatoms. The minimum atomic E-state index is -0.00879. The fourth-order valence-corrected chi connectivity index (χ4v) is 4.30. The third-order valence-electron chi connectivity index (χ3n) is 5.39. The van der Waals surface area contributed by atoms with Gasteiger partial charge >= 0.3 is 0 Å². The molecule has 1 saturated heterocycles. The van der Waals surface area contributed by atoms with Crippen LogP contribution in [0.25, 0.3) is 5.69 Å². The monoisotopic (exact) mass is 380 g/mol. The average molecular weight is 381 g/mol. The summed E-state index contributed by atoms with van der Waals surface area (Å²) in [7, 11) is 0. The van der Waals surface area contributed by atoms with Gasteiger partial charge in [-0.2, -0.15) is 5.10 Å². The molecule has 1 aliphatic heterocycles. The van der Waals surface area contributed by atoms with E-state index in [-0.39, 0.29) is 24.4 Å². The highest BCUT2D eigenvalue weighted by Gasteiger charge is 2.43. The number of fused-ring (bicyclic) bond motifs is 1. The Balaban J connectivity index is 0.00000182. The van der Waals surface area contributed by atoms with Crippen molar-refractivity contribution in [3.63, 3.8) is 0 Å². The first kappa shape index (κ1) is 18.2. The Hall–Kier alpha value is -1.56. The van der Waals surface area contributed by atoms with Crippen LogP contribution < -0.4 is 5.73 Å². The molecule has 2 aliphatic rings. The molecule has 3 unspecified atom stereocenters. The zero-order valence-electron chi connectivity index (χ0n) is 14.1. The van der Waals surface area contributed by atoms with Crippen LogP contribution in [0.3, 0.4) is 0 Å². The predicted molar refractivity (Wildman–Crippen MR) is 101 cm³/mol. The van der Waals surface area contributed by atoms with Gasteiger partial charge < -0.3 is 10.6 Å². The van der Waals surface area contributed by atoms with E-state index in [2.05, 4.69) is 5.10 Å². The third-order valence-corrected chi connectivity index (χ3v) is 5.71. The van der Waals surface area contributed by atoms with E-state index in [1.54, 1.807) is 4.68 Å². The molecule has 1 amide bonds. The molecular weight excluding hydrogens is 359 g/mol. The van der Waals surface area contributed by atoms with E-state index in [0.717, 1.165) is 37.3 Å². The van der Waals surface area contributed by atoms with Gasteiger partial charge in [-0.15, -0.1) is 12.4 Å². The minimum absolute atomic E-state index is 0. The number of nitrogens with zero attached hydrogens (tertiary/aromatic N) is 3. The van der Waals surface area contributed by atoms with Crippen LogP contribution in [0.4, 0.5) is 0 Å². The van der Waals surface area contributed by atoms with Crippen molar-refractivity contribution < 1.29 is 4.79 Å². The van der Waals surface area contributed by atoms with Crippen molar-refractivity contribution in [3.05, 3.63) is 46.7 Å². The van der Waals surface area contributed by atoms with Gasteiger partial charge in [0.2, 0.25) is 0 Å². The van der Waals surface area contributed by atoms with Gasteiger partial charge in [0.05, 0.1) is 10.7 Å². The Bertz CT molecular complexity index is 791. The molecule has 1 saturated carbocycles. The number of hydrogen-bond acceptors (Lipinski definition) is 3. The quantitative estimate of drug-likeness (QED) is 0.870. The van der Waals surface area contributed by atoms with Gasteiger partial charge in [-0.05, 0) is 49.8 Å². The van der Waals surface area contributed by atoms with E-state index in [0.29, 0.717) is 22.6 Å². The van der Waals surface area contributed by atoms with Crippen LogP contribution in [0.2, 0.25) is 5.02 Å². The lowest BCUT2D eigenvalue weighted by atomic mass is 9.98. The highest BCUT2D eigenvalue weighted by Crippen LogP contribution is 2.37. The first-order chi connectivity index (χ1) is 11.5. The number of aryl methyl sites for hydroxylation is 1. The summed E-state index contributed by atoms with van der Waals surface area (Å²) in [6, 6.07) is 9.57. The summed E-state index contributed by atoms with van der Waals surface area (Å²) in [6.07, 6.45) is 2.21. The highest BCUT2D eigenvalue weighted by molar-refractivity contribution is 6.32. The molecule has 3 atom stereocenters. The van der Waals surface area contributed by atoms with E-state index in [9.17, 15) is 4.79 Å². The Kier molecular flexibility index (Phi) is 5.09. The molecule has 0 spiro atoms. The number of amides is 1. The van der Waals surface area contributed by atoms with Crippen LogP contribution in [-0.2, 0) is 0 Å². The number of halogens is 2. The predicted octanol–water partition coefficient (Wildman–Crippen LogP) is 3.07. The first-order valence-corrected chi connectivity index (χ1v) is 8.79. The van der Waals surface area contributed by atoms with Crippen molar-refractivity contribution >= 4 is 29.9 Å². The SMILES string of the molecule is Cc1cc(C(=O)N2CC3CCC(N)C3C2)nn1-c1ccccc1Cl.Cl. The Morgan fingerprint density at radius 1 is 1.28 bits per heavy atom. The molecule has 2 heterocycles. The molecule has 2 fully saturated rings. The molecule has 1 aromatic carbocycles. The first-order valence-electron chi connectivity index (χ1n) is 8.41. The van der Waals surface area contributed by atoms with Crippen molar-refractivity contribution in [1.82, 2.24) is 14.7 Å². The molecule has 0 radical (unpaired) electrons. The molecule has 4 rings (SSSR count). The molecule has 2 aromatic rings. The molecule has 1 aromatic heterocycles. The zero-order valence-corrected chi connectivity index (χ0v) is 15.6. The normalized spacial score (nSPS) is 24.9. The van der Waals surface area contributed by atoms with E-state index in [4.69, 9.17) is 17.3 Å². The van der Waals surface area contributed by atoms with E-state index in [1.165, 1.54) is 0 Å². The van der Waals surface area contributed by atoms with Gasteiger partial charge in [0.25, 0.3) is 5.91 Å². The molecule has 5 nitrogen and oxygen atoms in total. The minimum Gasteiger partial charge on any atom is -0.337 e. The van der Waals surface area contributed by atoms with Gasteiger partial charge in [-0.3, -0.25) is 4.79 Å². The maximum atomic E-state index is 12.8. The van der Waals surface area contributed by atoms with Crippen LogP contribution in [0.1, 0.15) is 29.0 Å². The van der Waals surface area contributed by atoms with Gasteiger partial charge in [-0.1, -0.05) is 23.7 Å². The molecule has 1 aliphatic carbocycles. The van der Waals surface area contributed by atoms with E-state index >= 15 is 0 Å². The number of benzene rings is 1. The number of nitrogens with two attached hydrogens (primary N) is 1. The number of rotatable bonds is 2. The van der Waals surface area contributed by atoms with Crippen LogP contribution >= 0.6 is 24.0 Å². The van der Waals surface area contributed by atoms with Gasteiger partial charge in [0.1, 0.15) is 0 Å². The second-order valence-corrected chi connectivity index (χ2v) is 7.32. The van der Waals surface area contributed by atoms with Crippen LogP contribution in [0.15, 0.2) is 30.3 Å². The smallest absolute Gasteiger partial charge is 0.274 e. The maximum absolute atomic E-state index is 12.8. The van der Waals surface area contributed by atoms with Crippen LogP contribution in [0.5, 0.6) is 0 Å². The number of hydrogen-bond donors (Lipinski definition) is 1. The Morgan fingerprint density at radius 3 is 2.76 bits per heavy atom. The van der Waals surface area contributed by atoms with Crippen molar-refractivity contribution in [3.8, 4) is 5.69 Å². The molecule has 134 valence electrons. The van der Waals surface area contributed by atoms with Crippen molar-refractivity contribution in [2.24, 2.45) is 17.6 Å². The van der Waals surface area contributed by atoms with E-state index < -0.39 is 0 Å². The lowest BCUT2D eigenvalue weighted by Gasteiger charge is -2.17. The lowest BCUT2D eigenvalue weighted by molar-refractivity contribution is 0.0773. The number of para-hydroxylation sites is 1. The number of aromatic nitrogens is 2. The maximum Gasteiger partial charge on any atom is 0.274 e. The number of carbonyl (C=O) groups excluding carboxylic acids is 1. The molecule has 2 N–H and O–H groups in total. The molecule has 25 heavy (non-hydrogen) atoms. The summed E-state index contributed by atoms with van der Waals surface area (Å²) in [6.45, 7) is 3.49. The average Bonchev–Trinajstić information content (AvgIpc) is 3.24. The van der Waals surface area contributed by atoms with E-state index in [1.807, 2.05) is 42.2 Å². The zero-order chi connectivity index (χ0) is 16.8. The Morgan fingerprint density at radius 2 is 2.04 bits per heavy atom. The van der Waals surface area contributed by atoms with Gasteiger partial charge in [0.15, 0.2) is 5.69 Å². The van der Waals surface area contributed by atoms with Crippen molar-refractivity contribution in [1.29, 1.82) is 0 Å². The summed E-state index contributed by atoms with van der Waals surface area (Å²) in [5.41, 5.74) is 8.32. The lowest BCUT2D eigenvalue weighted by Crippen LogP contribution is -2.33. The highest BCUT2D eigenvalue weighted by atomic mass is 35.5. The second kappa shape index (κ2) is 6.98. The van der Waals surface area contributed by atoms with Crippen molar-refractivity contribution in [2.45, 2.75) is 25.8 Å². The molecular formula is C18H22Cl2N4O.